The number of hydrogen-bond donors (Lipinski definition) is 0. The van der Waals surface area contributed by atoms with Gasteiger partial charge in [0.05, 0.1) is 25.5 Å². The van der Waals surface area contributed by atoms with E-state index in [0.717, 1.165) is 5.69 Å². The topological polar surface area (TPSA) is 74.6 Å². The van der Waals surface area contributed by atoms with Crippen LogP contribution in [0.5, 0.6) is 5.75 Å². The van der Waals surface area contributed by atoms with Crippen molar-refractivity contribution in [3.63, 3.8) is 0 Å². The first-order valence-corrected chi connectivity index (χ1v) is 8.02. The van der Waals surface area contributed by atoms with Crippen molar-refractivity contribution in [3.05, 3.63) is 52.3 Å². The zero-order valence-electron chi connectivity index (χ0n) is 14.4. The van der Waals surface area contributed by atoms with Crippen molar-refractivity contribution < 1.29 is 23.9 Å². The van der Waals surface area contributed by atoms with Gasteiger partial charge in [-0.05, 0) is 12.8 Å². The van der Waals surface area contributed by atoms with Crippen molar-refractivity contribution >= 4 is 17.5 Å². The van der Waals surface area contributed by atoms with Crippen LogP contribution in [0.4, 0.5) is 0 Å². The molecule has 1 aromatic carbocycles. The molecule has 6 heteroatoms. The summed E-state index contributed by atoms with van der Waals surface area (Å²) in [5.74, 6) is -0.283. The van der Waals surface area contributed by atoms with E-state index in [0.29, 0.717) is 41.0 Å². The maximum Gasteiger partial charge on any atom is 0.305 e. The van der Waals surface area contributed by atoms with E-state index in [1.807, 2.05) is 0 Å². The number of esters is 1. The van der Waals surface area contributed by atoms with Crippen molar-refractivity contribution in [3.8, 4) is 5.75 Å². The molecule has 130 valence electrons. The molecule has 1 aromatic heterocycles. The fourth-order valence-electron chi connectivity index (χ4n) is 3.33. The molecule has 0 radical (unpaired) electrons. The lowest BCUT2D eigenvalue weighted by Gasteiger charge is -2.15. The SMILES string of the molecule is COC(=O)CCCc1c(OC)c2c(n1C)C(=O)c1ccccc1C2=O. The minimum Gasteiger partial charge on any atom is -0.494 e. The molecule has 0 atom stereocenters. The molecule has 0 N–H and O–H groups in total. The number of ether oxygens (including phenoxy) is 2. The first-order chi connectivity index (χ1) is 12.0. The lowest BCUT2D eigenvalue weighted by atomic mass is 9.87. The van der Waals surface area contributed by atoms with Crippen LogP contribution in [0, 0.1) is 0 Å². The Hall–Kier alpha value is -2.89. The average Bonchev–Trinajstić information content (AvgIpc) is 2.92. The summed E-state index contributed by atoms with van der Waals surface area (Å²) in [6.07, 6.45) is 1.30. The van der Waals surface area contributed by atoms with Crippen LogP contribution in [-0.4, -0.2) is 36.3 Å². The fraction of sp³-hybridized carbons (Fsp3) is 0.316. The molecule has 1 aliphatic carbocycles. The third-order valence-electron chi connectivity index (χ3n) is 4.55. The number of aromatic nitrogens is 1. The minimum atomic E-state index is -0.294. The molecule has 6 nitrogen and oxygen atoms in total. The second kappa shape index (κ2) is 6.55. The first kappa shape index (κ1) is 17.0. The molecule has 0 fully saturated rings. The summed E-state index contributed by atoms with van der Waals surface area (Å²) in [6, 6.07) is 6.80. The Kier molecular flexibility index (Phi) is 4.44. The van der Waals surface area contributed by atoms with E-state index in [2.05, 4.69) is 4.74 Å². The van der Waals surface area contributed by atoms with Crippen molar-refractivity contribution in [2.75, 3.05) is 14.2 Å². The number of rotatable bonds is 5. The highest BCUT2D eigenvalue weighted by Gasteiger charge is 2.37. The summed E-state index contributed by atoms with van der Waals surface area (Å²) in [7, 11) is 4.57. The van der Waals surface area contributed by atoms with E-state index in [-0.39, 0.29) is 24.0 Å². The Morgan fingerprint density at radius 3 is 2.32 bits per heavy atom. The van der Waals surface area contributed by atoms with Gasteiger partial charge in [0, 0.05) is 24.6 Å². The molecule has 25 heavy (non-hydrogen) atoms. The first-order valence-electron chi connectivity index (χ1n) is 8.02. The van der Waals surface area contributed by atoms with Gasteiger partial charge in [0.2, 0.25) is 5.78 Å². The number of benzene rings is 1. The molecule has 0 aliphatic heterocycles. The van der Waals surface area contributed by atoms with E-state index in [1.165, 1.54) is 14.2 Å². The lowest BCUT2D eigenvalue weighted by molar-refractivity contribution is -0.140. The summed E-state index contributed by atoms with van der Waals surface area (Å²) in [5.41, 5.74) is 2.18. The number of ketones is 2. The summed E-state index contributed by atoms with van der Waals surface area (Å²) in [4.78, 5) is 37.1. The predicted octanol–water partition coefficient (Wildman–Crippen LogP) is 2.30. The molecule has 0 unspecified atom stereocenters. The predicted molar refractivity (Wildman–Crippen MR) is 90.2 cm³/mol. The van der Waals surface area contributed by atoms with Crippen LogP contribution >= 0.6 is 0 Å². The van der Waals surface area contributed by atoms with Gasteiger partial charge in [-0.15, -0.1) is 0 Å². The monoisotopic (exact) mass is 341 g/mol. The molecule has 1 aliphatic rings. The van der Waals surface area contributed by atoms with Crippen LogP contribution in [0.25, 0.3) is 0 Å². The molecule has 0 bridgehead atoms. The van der Waals surface area contributed by atoms with Crippen LogP contribution in [-0.2, 0) is 23.0 Å². The third-order valence-corrected chi connectivity index (χ3v) is 4.55. The molecular formula is C19H19NO5. The van der Waals surface area contributed by atoms with Gasteiger partial charge < -0.3 is 14.0 Å². The maximum atomic E-state index is 12.9. The highest BCUT2D eigenvalue weighted by molar-refractivity contribution is 6.29. The van der Waals surface area contributed by atoms with E-state index in [4.69, 9.17) is 4.74 Å². The standard InChI is InChI=1S/C19H19NO5/c1-20-13(9-6-10-14(21)24-2)19(25-3)15-16(20)18(23)12-8-5-4-7-11(12)17(15)22/h4-5,7-8H,6,9-10H2,1-3H3. The highest BCUT2D eigenvalue weighted by atomic mass is 16.5. The van der Waals surface area contributed by atoms with Gasteiger partial charge in [0.1, 0.15) is 5.69 Å². The van der Waals surface area contributed by atoms with Crippen LogP contribution < -0.4 is 4.74 Å². The van der Waals surface area contributed by atoms with Gasteiger partial charge in [-0.25, -0.2) is 0 Å². The van der Waals surface area contributed by atoms with Crippen LogP contribution in [0.1, 0.15) is 50.5 Å². The molecule has 1 heterocycles. The Morgan fingerprint density at radius 1 is 1.08 bits per heavy atom. The molecule has 0 spiro atoms. The van der Waals surface area contributed by atoms with Crippen LogP contribution in [0.3, 0.4) is 0 Å². The van der Waals surface area contributed by atoms with Gasteiger partial charge in [-0.3, -0.25) is 14.4 Å². The third kappa shape index (κ3) is 2.63. The van der Waals surface area contributed by atoms with Crippen molar-refractivity contribution in [1.29, 1.82) is 0 Å². The zero-order valence-corrected chi connectivity index (χ0v) is 14.4. The quantitative estimate of drug-likeness (QED) is 0.666. The largest absolute Gasteiger partial charge is 0.494 e. The van der Waals surface area contributed by atoms with Gasteiger partial charge in [0.15, 0.2) is 11.5 Å². The number of carbonyl (C=O) groups is 3. The normalized spacial score (nSPS) is 12.6. The summed E-state index contributed by atoms with van der Waals surface area (Å²) in [5, 5.41) is 0. The Morgan fingerprint density at radius 2 is 1.72 bits per heavy atom. The second-order valence-electron chi connectivity index (χ2n) is 5.90. The molecule has 0 amide bonds. The van der Waals surface area contributed by atoms with Gasteiger partial charge in [-0.1, -0.05) is 24.3 Å². The number of hydrogen-bond acceptors (Lipinski definition) is 5. The van der Waals surface area contributed by atoms with Crippen molar-refractivity contribution in [2.45, 2.75) is 19.3 Å². The molecular weight excluding hydrogens is 322 g/mol. The summed E-state index contributed by atoms with van der Waals surface area (Å²) >= 11 is 0. The minimum absolute atomic E-state index is 0.190. The Balaban J connectivity index is 2.05. The van der Waals surface area contributed by atoms with Gasteiger partial charge in [-0.2, -0.15) is 0 Å². The Labute approximate surface area is 145 Å². The smallest absolute Gasteiger partial charge is 0.305 e. The lowest BCUT2D eigenvalue weighted by Crippen LogP contribution is -2.22. The Bertz CT molecular complexity index is 878. The number of fused-ring (bicyclic) bond motifs is 2. The fourth-order valence-corrected chi connectivity index (χ4v) is 3.33. The van der Waals surface area contributed by atoms with Crippen molar-refractivity contribution in [1.82, 2.24) is 4.57 Å². The van der Waals surface area contributed by atoms with E-state index < -0.39 is 0 Å². The average molecular weight is 341 g/mol. The second-order valence-corrected chi connectivity index (χ2v) is 5.90. The summed E-state index contributed by atoms with van der Waals surface area (Å²) < 4.78 is 11.8. The number of methoxy groups -OCH3 is 2. The molecule has 2 aromatic rings. The van der Waals surface area contributed by atoms with Gasteiger partial charge >= 0.3 is 5.97 Å². The molecule has 3 rings (SSSR count). The van der Waals surface area contributed by atoms with Crippen LogP contribution in [0.15, 0.2) is 24.3 Å². The zero-order chi connectivity index (χ0) is 18.1. The van der Waals surface area contributed by atoms with Gasteiger partial charge in [0.25, 0.3) is 0 Å². The number of nitrogens with zero attached hydrogens (tertiary/aromatic N) is 1. The van der Waals surface area contributed by atoms with Crippen LogP contribution in [0.2, 0.25) is 0 Å². The highest BCUT2D eigenvalue weighted by Crippen LogP contribution is 2.38. The van der Waals surface area contributed by atoms with Crippen molar-refractivity contribution in [2.24, 2.45) is 7.05 Å². The summed E-state index contributed by atoms with van der Waals surface area (Å²) in [6.45, 7) is 0. The number of carbonyl (C=O) groups excluding carboxylic acids is 3. The molecule has 0 saturated heterocycles. The maximum absolute atomic E-state index is 12.9. The van der Waals surface area contributed by atoms with E-state index >= 15 is 0 Å². The molecule has 0 saturated carbocycles. The van der Waals surface area contributed by atoms with E-state index in [1.54, 1.807) is 35.9 Å². The van der Waals surface area contributed by atoms with E-state index in [9.17, 15) is 14.4 Å².